The number of para-hydroxylation sites is 2. The molecule has 46 heavy (non-hydrogen) atoms. The van der Waals surface area contributed by atoms with E-state index in [0.29, 0.717) is 24.3 Å². The third kappa shape index (κ3) is 10.1. The van der Waals surface area contributed by atoms with Crippen LogP contribution in [0.1, 0.15) is 53.4 Å². The van der Waals surface area contributed by atoms with Gasteiger partial charge in [-0.15, -0.1) is 0 Å². The zero-order chi connectivity index (χ0) is 33.9. The number of amides is 4. The summed E-state index contributed by atoms with van der Waals surface area (Å²) in [5, 5.41) is 7.92. The van der Waals surface area contributed by atoms with Crippen LogP contribution in [0.2, 0.25) is 0 Å². The molecule has 1 saturated heterocycles. The number of carbonyl (C=O) groups is 5. The Morgan fingerprint density at radius 2 is 1.39 bits per heavy atom. The van der Waals surface area contributed by atoms with E-state index in [2.05, 4.69) is 20.7 Å². The minimum atomic E-state index is -4.09. The van der Waals surface area contributed by atoms with Crippen molar-refractivity contribution in [3.63, 3.8) is 0 Å². The van der Waals surface area contributed by atoms with Crippen LogP contribution in [0, 0.1) is 5.92 Å². The first-order chi connectivity index (χ1) is 21.8. The molecule has 0 spiro atoms. The Labute approximate surface area is 269 Å². The Balaban J connectivity index is 1.70. The predicted molar refractivity (Wildman–Crippen MR) is 170 cm³/mol. The topological polar surface area (TPSA) is 169 Å². The fourth-order valence-corrected chi connectivity index (χ4v) is 7.00. The highest BCUT2D eigenvalue weighted by Crippen LogP contribution is 2.54. The number of likely N-dealkylation sites (tertiary alicyclic amines) is 1. The lowest BCUT2D eigenvalue weighted by Gasteiger charge is -2.33. The fraction of sp³-hybridized carbons (Fsp3) is 0.469. The number of ether oxygens (including phenoxy) is 1. The average molecular weight is 659 g/mol. The smallest absolute Gasteiger partial charge is 0.453 e. The molecule has 14 heteroatoms. The summed E-state index contributed by atoms with van der Waals surface area (Å²) in [5.41, 5.74) is 0. The Morgan fingerprint density at radius 1 is 0.826 bits per heavy atom. The van der Waals surface area contributed by atoms with Gasteiger partial charge in [-0.2, -0.15) is 0 Å². The van der Waals surface area contributed by atoms with Crippen molar-refractivity contribution in [3.8, 4) is 11.5 Å². The molecular weight excluding hydrogens is 615 g/mol. The van der Waals surface area contributed by atoms with E-state index in [9.17, 15) is 28.5 Å². The first-order valence-corrected chi connectivity index (χ1v) is 16.8. The molecule has 0 unspecified atom stereocenters. The first kappa shape index (κ1) is 36.1. The number of benzene rings is 2. The van der Waals surface area contributed by atoms with E-state index in [4.69, 9.17) is 9.05 Å². The van der Waals surface area contributed by atoms with Gasteiger partial charge in [0.25, 0.3) is 0 Å². The summed E-state index contributed by atoms with van der Waals surface area (Å²) in [6, 6.07) is 14.2. The van der Waals surface area contributed by atoms with Crippen molar-refractivity contribution in [1.82, 2.24) is 20.9 Å². The van der Waals surface area contributed by atoms with Crippen LogP contribution in [0.25, 0.3) is 0 Å². The van der Waals surface area contributed by atoms with E-state index in [0.717, 1.165) is 0 Å². The highest BCUT2D eigenvalue weighted by molar-refractivity contribution is 7.55. The van der Waals surface area contributed by atoms with Crippen molar-refractivity contribution in [2.24, 2.45) is 5.92 Å². The zero-order valence-electron chi connectivity index (χ0n) is 26.8. The predicted octanol–water partition coefficient (Wildman–Crippen LogP) is 3.39. The molecule has 1 aliphatic heterocycles. The summed E-state index contributed by atoms with van der Waals surface area (Å²) in [6.07, 6.45) is 0.621. The van der Waals surface area contributed by atoms with Crippen LogP contribution in [0.5, 0.6) is 11.5 Å². The van der Waals surface area contributed by atoms with Gasteiger partial charge >= 0.3 is 13.6 Å². The van der Waals surface area contributed by atoms with E-state index in [-0.39, 0.29) is 19.4 Å². The number of esters is 1. The van der Waals surface area contributed by atoms with E-state index in [1.54, 1.807) is 74.5 Å². The molecule has 0 aliphatic carbocycles. The monoisotopic (exact) mass is 658 g/mol. The Bertz CT molecular complexity index is 1360. The van der Waals surface area contributed by atoms with Crippen molar-refractivity contribution < 1.29 is 42.3 Å². The van der Waals surface area contributed by atoms with E-state index < -0.39 is 67.0 Å². The Morgan fingerprint density at radius 3 is 1.91 bits per heavy atom. The molecule has 3 rings (SSSR count). The van der Waals surface area contributed by atoms with Gasteiger partial charge in [0.15, 0.2) is 5.78 Å². The number of carbonyl (C=O) groups excluding carboxylic acids is 5. The van der Waals surface area contributed by atoms with Crippen LogP contribution in [0.3, 0.4) is 0 Å². The number of hydrogen-bond acceptors (Lipinski definition) is 9. The van der Waals surface area contributed by atoms with Gasteiger partial charge in [-0.3, -0.25) is 24.0 Å². The summed E-state index contributed by atoms with van der Waals surface area (Å²) in [6.45, 7) is 6.79. The number of hydrogen-bond donors (Lipinski definition) is 3. The summed E-state index contributed by atoms with van der Waals surface area (Å²) in [4.78, 5) is 64.6. The molecule has 0 aromatic heterocycles. The Hall–Kier alpha value is -4.38. The second kappa shape index (κ2) is 16.8. The molecular formula is C32H43N4O9P. The highest BCUT2D eigenvalue weighted by atomic mass is 31.2. The molecule has 2 aromatic carbocycles. The molecule has 1 heterocycles. The van der Waals surface area contributed by atoms with Crippen LogP contribution in [-0.2, 0) is 33.3 Å². The maximum Gasteiger partial charge on any atom is 0.453 e. The van der Waals surface area contributed by atoms with Gasteiger partial charge < -0.3 is 34.6 Å². The second-order valence-electron chi connectivity index (χ2n) is 11.3. The summed E-state index contributed by atoms with van der Waals surface area (Å²) in [7, 11) is -2.88. The van der Waals surface area contributed by atoms with Crippen molar-refractivity contribution in [2.45, 2.75) is 77.3 Å². The molecule has 250 valence electrons. The maximum absolute atomic E-state index is 14.5. The second-order valence-corrected chi connectivity index (χ2v) is 13.3. The minimum absolute atomic E-state index is 0.131. The largest absolute Gasteiger partial charge is 0.469 e. The zero-order valence-corrected chi connectivity index (χ0v) is 27.7. The lowest BCUT2D eigenvalue weighted by Crippen LogP contribution is -2.56. The Kier molecular flexibility index (Phi) is 13.2. The SMILES string of the molecule is COC(=O)CCC(=O)N[C@@H](C)C(=O)N[C@@H](C)C(=O)N1CCC[C@H]1C(=O)N[C@@H](C(C)C)P(=O)(Oc1ccccc1)Oc1ccccc1. The standard InChI is InChI=1S/C32H43N4O9P/c1-21(2)31(46(42,44-24-13-8-6-9-14-24)45-25-15-10-7-11-16-25)35-30(40)26-17-12-20-36(26)32(41)23(4)34-29(39)22(3)33-27(37)18-19-28(38)43-5/h6-11,13-16,21-23,26,31H,12,17-20H2,1-5H3,(H,33,37)(H,34,39)(H,35,40)/t22-,23-,26-,31+/m0/s1. The van der Waals surface area contributed by atoms with E-state index >= 15 is 0 Å². The van der Waals surface area contributed by atoms with Gasteiger partial charge in [-0.25, -0.2) is 4.57 Å². The van der Waals surface area contributed by atoms with Crippen molar-refractivity contribution in [1.29, 1.82) is 0 Å². The van der Waals surface area contributed by atoms with E-state index in [1.165, 1.54) is 25.9 Å². The van der Waals surface area contributed by atoms with Gasteiger partial charge in [0.2, 0.25) is 23.6 Å². The number of nitrogens with zero attached hydrogens (tertiary/aromatic N) is 1. The molecule has 0 bridgehead atoms. The van der Waals surface area contributed by atoms with Crippen LogP contribution < -0.4 is 25.0 Å². The van der Waals surface area contributed by atoms with E-state index in [1.807, 2.05) is 0 Å². The van der Waals surface area contributed by atoms with Gasteiger partial charge in [0.05, 0.1) is 13.5 Å². The van der Waals surface area contributed by atoms with Crippen molar-refractivity contribution in [2.75, 3.05) is 13.7 Å². The number of methoxy groups -OCH3 is 1. The maximum atomic E-state index is 14.5. The molecule has 13 nitrogen and oxygen atoms in total. The molecule has 1 fully saturated rings. The lowest BCUT2D eigenvalue weighted by atomic mass is 10.1. The molecule has 1 aliphatic rings. The summed E-state index contributed by atoms with van der Waals surface area (Å²) >= 11 is 0. The van der Waals surface area contributed by atoms with Gasteiger partial charge in [-0.1, -0.05) is 50.2 Å². The lowest BCUT2D eigenvalue weighted by molar-refractivity contribution is -0.142. The molecule has 0 radical (unpaired) electrons. The average Bonchev–Trinajstić information content (AvgIpc) is 3.52. The van der Waals surface area contributed by atoms with Gasteiger partial charge in [0, 0.05) is 13.0 Å². The van der Waals surface area contributed by atoms with Crippen LogP contribution in [0.4, 0.5) is 0 Å². The normalized spacial score (nSPS) is 16.5. The summed E-state index contributed by atoms with van der Waals surface area (Å²) in [5.74, 6) is -3.55. The number of nitrogens with one attached hydrogen (secondary N) is 3. The molecule has 2 aromatic rings. The molecule has 3 N–H and O–H groups in total. The van der Waals surface area contributed by atoms with Gasteiger partial charge in [0.1, 0.15) is 29.6 Å². The highest BCUT2D eigenvalue weighted by Gasteiger charge is 2.45. The molecule has 0 saturated carbocycles. The van der Waals surface area contributed by atoms with Crippen LogP contribution in [0.15, 0.2) is 60.7 Å². The van der Waals surface area contributed by atoms with Crippen LogP contribution >= 0.6 is 7.60 Å². The van der Waals surface area contributed by atoms with Crippen molar-refractivity contribution >= 4 is 37.2 Å². The van der Waals surface area contributed by atoms with Crippen molar-refractivity contribution in [3.05, 3.63) is 60.7 Å². The fourth-order valence-electron chi connectivity index (χ4n) is 4.89. The molecule has 4 atom stereocenters. The minimum Gasteiger partial charge on any atom is -0.469 e. The summed E-state index contributed by atoms with van der Waals surface area (Å²) < 4.78 is 30.9. The number of rotatable bonds is 15. The molecule has 4 amide bonds. The van der Waals surface area contributed by atoms with Crippen LogP contribution in [-0.4, -0.2) is 72.1 Å². The first-order valence-electron chi connectivity index (χ1n) is 15.2. The third-order valence-corrected chi connectivity index (χ3v) is 9.67. The van der Waals surface area contributed by atoms with Gasteiger partial charge in [-0.05, 0) is 56.9 Å². The third-order valence-electron chi connectivity index (χ3n) is 7.34. The quantitative estimate of drug-likeness (QED) is 0.192.